The fraction of sp³-hybridized carbons (Fsp3) is 0.182. The van der Waals surface area contributed by atoms with Crippen LogP contribution in [0.25, 0.3) is 10.6 Å². The Morgan fingerprint density at radius 1 is 1.35 bits per heavy atom. The van der Waals surface area contributed by atoms with Crippen molar-refractivity contribution in [3.8, 4) is 16.3 Å². The number of carboxylic acid groups (broad SMARTS) is 1. The minimum Gasteiger partial charge on any atom is -0.497 e. The molecule has 1 N–H and O–H groups in total. The fourth-order valence-corrected chi connectivity index (χ4v) is 2.21. The van der Waals surface area contributed by atoms with Crippen LogP contribution in [-0.4, -0.2) is 28.4 Å². The zero-order valence-corrected chi connectivity index (χ0v) is 10.7. The SMILES string of the molecule is COc1ccc(-c2nnc(C(=O)O)s2)c(C(F)(F)F)c1. The predicted molar refractivity (Wildman–Crippen MR) is 63.9 cm³/mol. The number of hydrogen-bond acceptors (Lipinski definition) is 5. The molecule has 0 radical (unpaired) electrons. The van der Waals surface area contributed by atoms with Crippen LogP contribution in [0, 0.1) is 0 Å². The molecule has 0 aliphatic heterocycles. The minimum absolute atomic E-state index is 0.0454. The van der Waals surface area contributed by atoms with E-state index >= 15 is 0 Å². The Bertz CT molecular complexity index is 655. The first kappa shape index (κ1) is 14.3. The van der Waals surface area contributed by atoms with Gasteiger partial charge < -0.3 is 9.84 Å². The number of hydrogen-bond donors (Lipinski definition) is 1. The standard InChI is InChI=1S/C11H7F3N2O3S/c1-19-5-2-3-6(7(4-5)11(12,13)14)8-15-16-9(20-8)10(17)18/h2-4H,1H3,(H,17,18). The molecule has 0 saturated carbocycles. The molecule has 2 aromatic rings. The van der Waals surface area contributed by atoms with Gasteiger partial charge in [-0.3, -0.25) is 0 Å². The zero-order chi connectivity index (χ0) is 14.9. The largest absolute Gasteiger partial charge is 0.497 e. The highest BCUT2D eigenvalue weighted by molar-refractivity contribution is 7.16. The van der Waals surface area contributed by atoms with Crippen LogP contribution in [-0.2, 0) is 6.18 Å². The van der Waals surface area contributed by atoms with Gasteiger partial charge in [-0.05, 0) is 18.2 Å². The minimum atomic E-state index is -4.61. The lowest BCUT2D eigenvalue weighted by molar-refractivity contribution is -0.137. The van der Waals surface area contributed by atoms with Crippen LogP contribution < -0.4 is 4.74 Å². The van der Waals surface area contributed by atoms with E-state index < -0.39 is 17.7 Å². The third kappa shape index (κ3) is 2.72. The van der Waals surface area contributed by atoms with Gasteiger partial charge in [0.15, 0.2) is 0 Å². The van der Waals surface area contributed by atoms with Gasteiger partial charge in [0.2, 0.25) is 5.01 Å². The van der Waals surface area contributed by atoms with Crippen molar-refractivity contribution in [2.45, 2.75) is 6.18 Å². The molecule has 2 rings (SSSR count). The van der Waals surface area contributed by atoms with Crippen molar-refractivity contribution in [3.63, 3.8) is 0 Å². The number of benzene rings is 1. The molecule has 0 amide bonds. The van der Waals surface area contributed by atoms with Crippen molar-refractivity contribution >= 4 is 17.3 Å². The van der Waals surface area contributed by atoms with Crippen molar-refractivity contribution in [2.75, 3.05) is 7.11 Å². The first-order valence-electron chi connectivity index (χ1n) is 5.15. The number of aromatic nitrogens is 2. The number of ether oxygens (including phenoxy) is 1. The number of alkyl halides is 3. The van der Waals surface area contributed by atoms with Gasteiger partial charge in [-0.1, -0.05) is 11.3 Å². The number of carbonyl (C=O) groups is 1. The third-order valence-corrected chi connectivity index (χ3v) is 3.32. The Hall–Kier alpha value is -2.16. The van der Waals surface area contributed by atoms with Crippen molar-refractivity contribution in [3.05, 3.63) is 28.8 Å². The van der Waals surface area contributed by atoms with Gasteiger partial charge in [0.05, 0.1) is 12.7 Å². The topological polar surface area (TPSA) is 72.3 Å². The molecule has 0 aliphatic rings. The molecule has 0 aliphatic carbocycles. The van der Waals surface area contributed by atoms with E-state index in [-0.39, 0.29) is 21.3 Å². The van der Waals surface area contributed by atoms with Gasteiger partial charge in [0.25, 0.3) is 0 Å². The molecule has 0 unspecified atom stereocenters. The number of rotatable bonds is 3. The molecule has 20 heavy (non-hydrogen) atoms. The molecule has 1 aromatic carbocycles. The molecule has 106 valence electrons. The fourth-order valence-electron chi connectivity index (χ4n) is 1.49. The first-order valence-corrected chi connectivity index (χ1v) is 5.97. The highest BCUT2D eigenvalue weighted by Crippen LogP contribution is 2.39. The summed E-state index contributed by atoms with van der Waals surface area (Å²) in [5.41, 5.74) is -1.19. The summed E-state index contributed by atoms with van der Waals surface area (Å²) in [6.07, 6.45) is -4.61. The normalized spacial score (nSPS) is 11.4. The van der Waals surface area contributed by atoms with Gasteiger partial charge in [-0.15, -0.1) is 10.2 Å². The summed E-state index contributed by atoms with van der Waals surface area (Å²) in [6, 6.07) is 3.34. The van der Waals surface area contributed by atoms with Crippen LogP contribution >= 0.6 is 11.3 Å². The van der Waals surface area contributed by atoms with E-state index in [0.29, 0.717) is 11.3 Å². The quantitative estimate of drug-likeness (QED) is 0.944. The molecule has 0 fully saturated rings. The average Bonchev–Trinajstić information content (AvgIpc) is 2.86. The maximum atomic E-state index is 13.0. The summed E-state index contributed by atoms with van der Waals surface area (Å²) in [6.45, 7) is 0. The molecule has 0 saturated heterocycles. The van der Waals surface area contributed by atoms with Crippen LogP contribution in [0.4, 0.5) is 13.2 Å². The molecular formula is C11H7F3N2O3S. The second kappa shape index (κ2) is 5.08. The van der Waals surface area contributed by atoms with Gasteiger partial charge in [-0.25, -0.2) is 4.79 Å². The van der Waals surface area contributed by atoms with Crippen molar-refractivity contribution in [2.24, 2.45) is 0 Å². The van der Waals surface area contributed by atoms with E-state index in [1.54, 1.807) is 0 Å². The lowest BCUT2D eigenvalue weighted by atomic mass is 10.1. The van der Waals surface area contributed by atoms with E-state index in [9.17, 15) is 18.0 Å². The van der Waals surface area contributed by atoms with Crippen LogP contribution in [0.5, 0.6) is 5.75 Å². The Labute approximate surface area is 114 Å². The number of carboxylic acids is 1. The van der Waals surface area contributed by atoms with E-state index in [0.717, 1.165) is 6.07 Å². The Morgan fingerprint density at radius 2 is 2.05 bits per heavy atom. The summed E-state index contributed by atoms with van der Waals surface area (Å²) in [5.74, 6) is -1.29. The van der Waals surface area contributed by atoms with Gasteiger partial charge >= 0.3 is 12.1 Å². The molecule has 5 nitrogen and oxygen atoms in total. The van der Waals surface area contributed by atoms with Crippen LogP contribution in [0.3, 0.4) is 0 Å². The van der Waals surface area contributed by atoms with Crippen LogP contribution in [0.1, 0.15) is 15.4 Å². The lowest BCUT2D eigenvalue weighted by Crippen LogP contribution is -2.07. The summed E-state index contributed by atoms with van der Waals surface area (Å²) in [4.78, 5) is 10.7. The van der Waals surface area contributed by atoms with E-state index in [4.69, 9.17) is 9.84 Å². The Kier molecular flexibility index (Phi) is 3.62. The second-order valence-electron chi connectivity index (χ2n) is 3.63. The molecule has 1 aromatic heterocycles. The van der Waals surface area contributed by atoms with Crippen molar-refractivity contribution < 1.29 is 27.8 Å². The molecule has 9 heteroatoms. The number of aromatic carboxylic acids is 1. The highest BCUT2D eigenvalue weighted by Gasteiger charge is 2.35. The summed E-state index contributed by atoms with van der Waals surface area (Å²) in [5, 5.41) is 15.0. The highest BCUT2D eigenvalue weighted by atomic mass is 32.1. The van der Waals surface area contributed by atoms with Gasteiger partial charge in [0, 0.05) is 5.56 Å². The van der Waals surface area contributed by atoms with E-state index in [2.05, 4.69) is 10.2 Å². The summed E-state index contributed by atoms with van der Waals surface area (Å²) >= 11 is 0.575. The predicted octanol–water partition coefficient (Wildman–Crippen LogP) is 2.93. The maximum absolute atomic E-state index is 13.0. The van der Waals surface area contributed by atoms with E-state index in [1.165, 1.54) is 19.2 Å². The van der Waals surface area contributed by atoms with Gasteiger partial charge in [-0.2, -0.15) is 13.2 Å². The number of methoxy groups -OCH3 is 1. The molecular weight excluding hydrogens is 297 g/mol. The summed E-state index contributed by atoms with van der Waals surface area (Å²) < 4.78 is 43.8. The number of nitrogens with zero attached hydrogens (tertiary/aromatic N) is 2. The zero-order valence-electron chi connectivity index (χ0n) is 9.93. The summed E-state index contributed by atoms with van der Waals surface area (Å²) in [7, 11) is 1.25. The molecule has 1 heterocycles. The lowest BCUT2D eigenvalue weighted by Gasteiger charge is -2.12. The van der Waals surface area contributed by atoms with Crippen molar-refractivity contribution in [1.29, 1.82) is 0 Å². The van der Waals surface area contributed by atoms with Crippen molar-refractivity contribution in [1.82, 2.24) is 10.2 Å². The average molecular weight is 304 g/mol. The Morgan fingerprint density at radius 3 is 2.55 bits per heavy atom. The maximum Gasteiger partial charge on any atom is 0.417 e. The monoisotopic (exact) mass is 304 g/mol. The van der Waals surface area contributed by atoms with Crippen LogP contribution in [0.2, 0.25) is 0 Å². The first-order chi connectivity index (χ1) is 9.32. The van der Waals surface area contributed by atoms with Crippen LogP contribution in [0.15, 0.2) is 18.2 Å². The third-order valence-electron chi connectivity index (χ3n) is 2.37. The molecule has 0 atom stereocenters. The van der Waals surface area contributed by atoms with E-state index in [1.807, 2.05) is 0 Å². The number of halogens is 3. The Balaban J connectivity index is 2.57. The molecule has 0 spiro atoms. The second-order valence-corrected chi connectivity index (χ2v) is 4.60. The smallest absolute Gasteiger partial charge is 0.417 e. The molecule has 0 bridgehead atoms. The van der Waals surface area contributed by atoms with Gasteiger partial charge in [0.1, 0.15) is 10.8 Å².